The van der Waals surface area contributed by atoms with Crippen molar-refractivity contribution in [2.24, 2.45) is 5.41 Å². The fourth-order valence-electron chi connectivity index (χ4n) is 2.50. The van der Waals surface area contributed by atoms with E-state index in [0.29, 0.717) is 19.8 Å². The quantitative estimate of drug-likeness (QED) is 0.673. The third-order valence-corrected chi connectivity index (χ3v) is 3.40. The molecule has 0 aliphatic carbocycles. The Labute approximate surface area is 90.2 Å². The maximum Gasteiger partial charge on any atom is 0.129 e. The molecule has 2 fully saturated rings. The predicted octanol–water partition coefficient (Wildman–Crippen LogP) is 0.0487. The van der Waals surface area contributed by atoms with E-state index in [1.807, 2.05) is 0 Å². The molecule has 0 aromatic rings. The number of aldehydes is 1. The van der Waals surface area contributed by atoms with Crippen LogP contribution < -0.4 is 0 Å². The second kappa shape index (κ2) is 4.60. The van der Waals surface area contributed by atoms with Gasteiger partial charge in [-0.3, -0.25) is 4.90 Å². The molecule has 0 aromatic carbocycles. The summed E-state index contributed by atoms with van der Waals surface area (Å²) in [5.41, 5.74) is -0.308. The van der Waals surface area contributed by atoms with Crippen LogP contribution in [0.5, 0.6) is 0 Å². The van der Waals surface area contributed by atoms with Gasteiger partial charge in [0.05, 0.1) is 18.1 Å². The Morgan fingerprint density at radius 3 is 3.07 bits per heavy atom. The third kappa shape index (κ3) is 2.56. The second-order valence-electron chi connectivity index (χ2n) is 4.81. The van der Waals surface area contributed by atoms with E-state index in [2.05, 4.69) is 4.90 Å². The lowest BCUT2D eigenvalue weighted by atomic mass is 9.88. The van der Waals surface area contributed by atoms with Crippen molar-refractivity contribution in [1.82, 2.24) is 4.90 Å². The van der Waals surface area contributed by atoms with Gasteiger partial charge in [0.2, 0.25) is 0 Å². The van der Waals surface area contributed by atoms with Crippen LogP contribution in [0, 0.1) is 5.41 Å². The number of ether oxygens (including phenoxy) is 1. The highest BCUT2D eigenvalue weighted by Crippen LogP contribution is 2.28. The van der Waals surface area contributed by atoms with Crippen molar-refractivity contribution >= 4 is 6.29 Å². The van der Waals surface area contributed by atoms with E-state index in [1.54, 1.807) is 0 Å². The van der Waals surface area contributed by atoms with Crippen LogP contribution in [0.4, 0.5) is 0 Å². The van der Waals surface area contributed by atoms with Gasteiger partial charge in [0.25, 0.3) is 0 Å². The molecule has 2 aliphatic rings. The zero-order valence-electron chi connectivity index (χ0n) is 9.02. The highest BCUT2D eigenvalue weighted by atomic mass is 16.5. The average molecular weight is 213 g/mol. The highest BCUT2D eigenvalue weighted by molar-refractivity contribution is 5.60. The SMILES string of the molecule is O=CC1(CN2CCCC(O)C2)CCOC1. The Kier molecular flexibility index (Phi) is 3.38. The summed E-state index contributed by atoms with van der Waals surface area (Å²) in [4.78, 5) is 13.3. The number of aliphatic hydroxyl groups excluding tert-OH is 1. The maximum absolute atomic E-state index is 11.1. The Hall–Kier alpha value is -0.450. The van der Waals surface area contributed by atoms with Crippen molar-refractivity contribution < 1.29 is 14.6 Å². The minimum absolute atomic E-state index is 0.218. The number of piperidine rings is 1. The standard InChI is InChI=1S/C11H19NO3/c13-8-11(3-5-15-9-11)7-12-4-1-2-10(14)6-12/h8,10,14H,1-7,9H2. The molecule has 2 saturated heterocycles. The first-order valence-electron chi connectivity index (χ1n) is 5.69. The van der Waals surface area contributed by atoms with Gasteiger partial charge in [-0.2, -0.15) is 0 Å². The Balaban J connectivity index is 1.91. The van der Waals surface area contributed by atoms with Gasteiger partial charge in [0, 0.05) is 19.7 Å². The summed E-state index contributed by atoms with van der Waals surface area (Å²) in [6, 6.07) is 0. The number of hydrogen-bond donors (Lipinski definition) is 1. The molecule has 2 atom stereocenters. The van der Waals surface area contributed by atoms with Gasteiger partial charge < -0.3 is 14.6 Å². The first kappa shape index (κ1) is 11.0. The summed E-state index contributed by atoms with van der Waals surface area (Å²) < 4.78 is 5.30. The van der Waals surface area contributed by atoms with Gasteiger partial charge >= 0.3 is 0 Å². The van der Waals surface area contributed by atoms with Gasteiger partial charge in [-0.25, -0.2) is 0 Å². The molecule has 4 nitrogen and oxygen atoms in total. The minimum atomic E-state index is -0.308. The van der Waals surface area contributed by atoms with Crippen LogP contribution in [-0.4, -0.2) is 55.2 Å². The van der Waals surface area contributed by atoms with Crippen LogP contribution in [-0.2, 0) is 9.53 Å². The molecule has 0 bridgehead atoms. The zero-order chi connectivity index (χ0) is 10.7. The lowest BCUT2D eigenvalue weighted by Crippen LogP contribution is -2.45. The van der Waals surface area contributed by atoms with Gasteiger partial charge in [0.15, 0.2) is 0 Å². The van der Waals surface area contributed by atoms with Gasteiger partial charge in [-0.1, -0.05) is 0 Å². The summed E-state index contributed by atoms with van der Waals surface area (Å²) >= 11 is 0. The third-order valence-electron chi connectivity index (χ3n) is 3.40. The first-order valence-corrected chi connectivity index (χ1v) is 5.69. The van der Waals surface area contributed by atoms with Crippen LogP contribution in [0.25, 0.3) is 0 Å². The molecule has 1 N–H and O–H groups in total. The minimum Gasteiger partial charge on any atom is -0.392 e. The van der Waals surface area contributed by atoms with Crippen molar-refractivity contribution in [3.8, 4) is 0 Å². The summed E-state index contributed by atoms with van der Waals surface area (Å²) in [7, 11) is 0. The zero-order valence-corrected chi connectivity index (χ0v) is 9.02. The molecule has 2 heterocycles. The van der Waals surface area contributed by atoms with E-state index in [-0.39, 0.29) is 11.5 Å². The lowest BCUT2D eigenvalue weighted by molar-refractivity contribution is -0.117. The second-order valence-corrected chi connectivity index (χ2v) is 4.81. The molecule has 0 spiro atoms. The summed E-state index contributed by atoms with van der Waals surface area (Å²) in [6.45, 7) is 3.67. The van der Waals surface area contributed by atoms with E-state index < -0.39 is 0 Å². The molecule has 2 aliphatic heterocycles. The first-order chi connectivity index (χ1) is 7.24. The van der Waals surface area contributed by atoms with E-state index in [1.165, 1.54) is 0 Å². The topological polar surface area (TPSA) is 49.8 Å². The largest absolute Gasteiger partial charge is 0.392 e. The normalized spacial score (nSPS) is 38.1. The highest BCUT2D eigenvalue weighted by Gasteiger charge is 2.37. The van der Waals surface area contributed by atoms with E-state index >= 15 is 0 Å². The molecule has 0 aromatic heterocycles. The number of hydrogen-bond acceptors (Lipinski definition) is 4. The van der Waals surface area contributed by atoms with Gasteiger partial charge in [0.1, 0.15) is 6.29 Å². The van der Waals surface area contributed by atoms with Crippen molar-refractivity contribution in [2.45, 2.75) is 25.4 Å². The van der Waals surface area contributed by atoms with E-state index in [4.69, 9.17) is 4.74 Å². The number of carbonyl (C=O) groups is 1. The summed E-state index contributed by atoms with van der Waals surface area (Å²) in [5, 5.41) is 9.55. The van der Waals surface area contributed by atoms with Crippen LogP contribution in [0.2, 0.25) is 0 Å². The maximum atomic E-state index is 11.1. The number of nitrogens with zero attached hydrogens (tertiary/aromatic N) is 1. The van der Waals surface area contributed by atoms with Crippen LogP contribution in [0.3, 0.4) is 0 Å². The summed E-state index contributed by atoms with van der Waals surface area (Å²) in [6.07, 6.45) is 3.56. The molecular formula is C11H19NO3. The summed E-state index contributed by atoms with van der Waals surface area (Å²) in [5.74, 6) is 0. The molecule has 0 saturated carbocycles. The molecule has 0 amide bonds. The molecule has 86 valence electrons. The van der Waals surface area contributed by atoms with Gasteiger partial charge in [-0.05, 0) is 25.8 Å². The van der Waals surface area contributed by atoms with Gasteiger partial charge in [-0.15, -0.1) is 0 Å². The molecule has 4 heteroatoms. The van der Waals surface area contributed by atoms with Crippen molar-refractivity contribution in [3.05, 3.63) is 0 Å². The van der Waals surface area contributed by atoms with Crippen LogP contribution in [0.1, 0.15) is 19.3 Å². The van der Waals surface area contributed by atoms with E-state index in [0.717, 1.165) is 38.6 Å². The predicted molar refractivity (Wildman–Crippen MR) is 55.6 cm³/mol. The molecule has 2 rings (SSSR count). The van der Waals surface area contributed by atoms with E-state index in [9.17, 15) is 9.90 Å². The lowest BCUT2D eigenvalue weighted by Gasteiger charge is -2.34. The number of β-amino-alcohol motifs (C(OH)–C–C–N with tert-alkyl or cyclic N) is 1. The van der Waals surface area contributed by atoms with Crippen molar-refractivity contribution in [3.63, 3.8) is 0 Å². The Bertz CT molecular complexity index is 226. The smallest absolute Gasteiger partial charge is 0.129 e. The van der Waals surface area contributed by atoms with Crippen LogP contribution in [0.15, 0.2) is 0 Å². The number of carbonyl (C=O) groups excluding carboxylic acids is 1. The Morgan fingerprint density at radius 2 is 2.47 bits per heavy atom. The van der Waals surface area contributed by atoms with Crippen molar-refractivity contribution in [2.75, 3.05) is 32.8 Å². The van der Waals surface area contributed by atoms with Crippen LogP contribution >= 0.6 is 0 Å². The molecule has 0 radical (unpaired) electrons. The molecule has 2 unspecified atom stereocenters. The number of rotatable bonds is 3. The van der Waals surface area contributed by atoms with Crippen molar-refractivity contribution in [1.29, 1.82) is 0 Å². The molecular weight excluding hydrogens is 194 g/mol. The fourth-order valence-corrected chi connectivity index (χ4v) is 2.50. The number of aliphatic hydroxyl groups is 1. The fraction of sp³-hybridized carbons (Fsp3) is 0.909. The Morgan fingerprint density at radius 1 is 1.60 bits per heavy atom. The monoisotopic (exact) mass is 213 g/mol. The average Bonchev–Trinajstić information content (AvgIpc) is 2.67. The molecule has 15 heavy (non-hydrogen) atoms. The number of likely N-dealkylation sites (tertiary alicyclic amines) is 1.